The highest BCUT2D eigenvalue weighted by atomic mass is 16.5. The Morgan fingerprint density at radius 1 is 0.929 bits per heavy atom. The number of rotatable bonds is 6. The predicted molar refractivity (Wildman–Crippen MR) is 114 cm³/mol. The molecular weight excluding hydrogens is 348 g/mol. The van der Waals surface area contributed by atoms with Crippen molar-refractivity contribution in [3.63, 3.8) is 0 Å². The molecular formula is C24H24N2O2. The highest BCUT2D eigenvalue weighted by Gasteiger charge is 2.36. The Morgan fingerprint density at radius 2 is 1.64 bits per heavy atom. The van der Waals surface area contributed by atoms with Crippen molar-refractivity contribution >= 4 is 17.2 Å². The fourth-order valence-electron chi connectivity index (χ4n) is 3.53. The van der Waals surface area contributed by atoms with Gasteiger partial charge in [-0.2, -0.15) is 0 Å². The summed E-state index contributed by atoms with van der Waals surface area (Å²) in [5, 5.41) is 0. The van der Waals surface area contributed by atoms with Crippen molar-refractivity contribution in [1.82, 2.24) is 0 Å². The second-order valence-corrected chi connectivity index (χ2v) is 6.63. The largest absolute Gasteiger partial charge is 0.493 e. The number of amidine groups is 1. The molecule has 1 aliphatic heterocycles. The molecule has 0 aliphatic carbocycles. The second kappa shape index (κ2) is 8.17. The van der Waals surface area contributed by atoms with Crippen LogP contribution in [-0.4, -0.2) is 19.6 Å². The van der Waals surface area contributed by atoms with Gasteiger partial charge in [0.15, 0.2) is 11.5 Å². The minimum atomic E-state index is 0.256. The summed E-state index contributed by atoms with van der Waals surface area (Å²) < 4.78 is 11.2. The molecule has 0 spiro atoms. The molecule has 142 valence electrons. The first-order chi connectivity index (χ1) is 13.8. The van der Waals surface area contributed by atoms with Gasteiger partial charge in [-0.25, -0.2) is 4.99 Å². The van der Waals surface area contributed by atoms with Gasteiger partial charge in [0.05, 0.1) is 25.4 Å². The number of hydrogen-bond acceptors (Lipinski definition) is 3. The first-order valence-electron chi connectivity index (χ1n) is 9.57. The topological polar surface area (TPSA) is 34.1 Å². The zero-order chi connectivity index (χ0) is 19.3. The molecule has 0 amide bonds. The van der Waals surface area contributed by atoms with Gasteiger partial charge in [-0.1, -0.05) is 48.5 Å². The van der Waals surface area contributed by atoms with Crippen LogP contribution >= 0.6 is 0 Å². The Bertz CT molecular complexity index is 955. The molecule has 1 saturated heterocycles. The maximum atomic E-state index is 5.67. The molecule has 4 rings (SSSR count). The third-order valence-electron chi connectivity index (χ3n) is 4.89. The van der Waals surface area contributed by atoms with Gasteiger partial charge in [0.25, 0.3) is 0 Å². The van der Waals surface area contributed by atoms with Crippen LogP contribution in [0.1, 0.15) is 24.9 Å². The first kappa shape index (κ1) is 18.1. The van der Waals surface area contributed by atoms with Crippen LogP contribution in [0.25, 0.3) is 0 Å². The number of methoxy groups -OCH3 is 1. The third kappa shape index (κ3) is 3.58. The quantitative estimate of drug-likeness (QED) is 0.550. The van der Waals surface area contributed by atoms with Crippen molar-refractivity contribution in [2.75, 3.05) is 18.6 Å². The van der Waals surface area contributed by atoms with E-state index in [0.29, 0.717) is 6.61 Å². The van der Waals surface area contributed by atoms with E-state index in [2.05, 4.69) is 35.2 Å². The van der Waals surface area contributed by atoms with E-state index in [0.717, 1.165) is 35.1 Å². The predicted octanol–water partition coefficient (Wildman–Crippen LogP) is 5.78. The maximum absolute atomic E-state index is 5.67. The summed E-state index contributed by atoms with van der Waals surface area (Å²) in [6, 6.07) is 27.0. The van der Waals surface area contributed by atoms with Crippen molar-refractivity contribution in [2.24, 2.45) is 4.99 Å². The van der Waals surface area contributed by atoms with Crippen LogP contribution in [0.4, 0.5) is 11.4 Å². The smallest absolute Gasteiger partial charge is 0.162 e. The molecule has 0 bridgehead atoms. The molecule has 1 atom stereocenters. The van der Waals surface area contributed by atoms with E-state index >= 15 is 0 Å². The van der Waals surface area contributed by atoms with Crippen LogP contribution in [0.15, 0.2) is 83.9 Å². The summed E-state index contributed by atoms with van der Waals surface area (Å²) in [6.07, 6.45) is 0.897. The van der Waals surface area contributed by atoms with Gasteiger partial charge in [-0.15, -0.1) is 0 Å². The fourth-order valence-corrected chi connectivity index (χ4v) is 3.53. The van der Waals surface area contributed by atoms with E-state index in [1.165, 1.54) is 5.56 Å². The lowest BCUT2D eigenvalue weighted by atomic mass is 9.92. The summed E-state index contributed by atoms with van der Waals surface area (Å²) in [4.78, 5) is 7.16. The lowest BCUT2D eigenvalue weighted by molar-refractivity contribution is 0.311. The Balaban J connectivity index is 1.72. The SMILES string of the molecule is CCOc1ccc(N2C(=Nc3ccccc3)CC2c2ccccc2)cc1OC. The summed E-state index contributed by atoms with van der Waals surface area (Å²) in [5.74, 6) is 2.54. The first-order valence-corrected chi connectivity index (χ1v) is 9.57. The van der Waals surface area contributed by atoms with Crippen LogP contribution in [0.2, 0.25) is 0 Å². The van der Waals surface area contributed by atoms with Gasteiger partial charge in [-0.05, 0) is 36.8 Å². The van der Waals surface area contributed by atoms with Crippen molar-refractivity contribution in [3.05, 3.63) is 84.4 Å². The van der Waals surface area contributed by atoms with Crippen molar-refractivity contribution in [3.8, 4) is 11.5 Å². The highest BCUT2D eigenvalue weighted by molar-refractivity contribution is 6.06. The Morgan fingerprint density at radius 3 is 2.32 bits per heavy atom. The summed E-state index contributed by atoms with van der Waals surface area (Å²) in [6.45, 7) is 2.58. The Kier molecular flexibility index (Phi) is 5.29. The lowest BCUT2D eigenvalue weighted by Crippen LogP contribution is -2.46. The highest BCUT2D eigenvalue weighted by Crippen LogP contribution is 2.43. The molecule has 1 unspecified atom stereocenters. The molecule has 3 aromatic carbocycles. The monoisotopic (exact) mass is 372 g/mol. The Labute approximate surface area is 166 Å². The number of ether oxygens (including phenoxy) is 2. The molecule has 1 fully saturated rings. The molecule has 28 heavy (non-hydrogen) atoms. The maximum Gasteiger partial charge on any atom is 0.162 e. The number of para-hydroxylation sites is 1. The molecule has 4 heteroatoms. The van der Waals surface area contributed by atoms with Crippen LogP contribution in [0.5, 0.6) is 11.5 Å². The Hall–Kier alpha value is -3.27. The number of anilines is 1. The number of benzene rings is 3. The van der Waals surface area contributed by atoms with Crippen LogP contribution in [0.3, 0.4) is 0 Å². The summed E-state index contributed by atoms with van der Waals surface area (Å²) in [5.41, 5.74) is 3.30. The van der Waals surface area contributed by atoms with E-state index in [4.69, 9.17) is 14.5 Å². The van der Waals surface area contributed by atoms with E-state index in [-0.39, 0.29) is 6.04 Å². The second-order valence-electron chi connectivity index (χ2n) is 6.63. The van der Waals surface area contributed by atoms with Gasteiger partial charge in [0, 0.05) is 18.2 Å². The average molecular weight is 372 g/mol. The minimum absolute atomic E-state index is 0.256. The molecule has 1 heterocycles. The number of nitrogens with zero attached hydrogens (tertiary/aromatic N) is 2. The lowest BCUT2D eigenvalue weighted by Gasteiger charge is -2.44. The molecule has 0 N–H and O–H groups in total. The zero-order valence-electron chi connectivity index (χ0n) is 16.2. The normalized spacial score (nSPS) is 17.3. The van der Waals surface area contributed by atoms with Crippen molar-refractivity contribution in [1.29, 1.82) is 0 Å². The van der Waals surface area contributed by atoms with Crippen molar-refractivity contribution in [2.45, 2.75) is 19.4 Å². The zero-order valence-corrected chi connectivity index (χ0v) is 16.2. The summed E-state index contributed by atoms with van der Waals surface area (Å²) in [7, 11) is 1.67. The average Bonchev–Trinajstić information content (AvgIpc) is 2.73. The fraction of sp³-hybridized carbons (Fsp3) is 0.208. The summed E-state index contributed by atoms with van der Waals surface area (Å²) >= 11 is 0. The van der Waals surface area contributed by atoms with E-state index < -0.39 is 0 Å². The molecule has 0 radical (unpaired) electrons. The van der Waals surface area contributed by atoms with E-state index in [1.54, 1.807) is 7.11 Å². The standard InChI is InChI=1S/C24H24N2O2/c1-3-28-22-15-14-20(16-23(22)27-2)26-21(18-10-6-4-7-11-18)17-24(26)25-19-12-8-5-9-13-19/h4-16,21H,3,17H2,1-2H3. The molecule has 0 saturated carbocycles. The van der Waals surface area contributed by atoms with Gasteiger partial charge >= 0.3 is 0 Å². The van der Waals surface area contributed by atoms with Gasteiger partial charge < -0.3 is 14.4 Å². The van der Waals surface area contributed by atoms with E-state index in [9.17, 15) is 0 Å². The molecule has 3 aromatic rings. The van der Waals surface area contributed by atoms with Gasteiger partial charge in [-0.3, -0.25) is 0 Å². The molecule has 1 aliphatic rings. The van der Waals surface area contributed by atoms with E-state index in [1.807, 2.05) is 55.5 Å². The van der Waals surface area contributed by atoms with Gasteiger partial charge in [0.2, 0.25) is 0 Å². The van der Waals surface area contributed by atoms with Crippen LogP contribution in [0, 0.1) is 0 Å². The molecule has 0 aromatic heterocycles. The third-order valence-corrected chi connectivity index (χ3v) is 4.89. The minimum Gasteiger partial charge on any atom is -0.493 e. The molecule has 4 nitrogen and oxygen atoms in total. The van der Waals surface area contributed by atoms with Crippen LogP contribution in [-0.2, 0) is 0 Å². The number of hydrogen-bond donors (Lipinski definition) is 0. The number of aliphatic imine (C=N–C) groups is 1. The van der Waals surface area contributed by atoms with Crippen molar-refractivity contribution < 1.29 is 9.47 Å². The van der Waals surface area contributed by atoms with Crippen LogP contribution < -0.4 is 14.4 Å². The van der Waals surface area contributed by atoms with Gasteiger partial charge in [0.1, 0.15) is 5.84 Å².